The van der Waals surface area contributed by atoms with Crippen molar-refractivity contribution in [1.82, 2.24) is 10.6 Å². The largest absolute Gasteiger partial charge is 0.347 e. The number of amides is 2. The first-order valence-corrected chi connectivity index (χ1v) is 8.27. The number of hydrogen-bond donors (Lipinski definition) is 2. The second-order valence-electron chi connectivity index (χ2n) is 4.43. The summed E-state index contributed by atoms with van der Waals surface area (Å²) >= 11 is 2.85. The molecule has 1 aromatic heterocycles. The highest BCUT2D eigenvalue weighted by Crippen LogP contribution is 2.19. The SMILES string of the molecule is O=C(CCc1cccs1)NCC(=O)NC1CCSC1=O. The minimum absolute atomic E-state index is 0.00220. The van der Waals surface area contributed by atoms with Crippen LogP contribution in [0.15, 0.2) is 17.5 Å². The third-order valence-electron chi connectivity index (χ3n) is 2.90. The monoisotopic (exact) mass is 312 g/mol. The first-order chi connectivity index (χ1) is 9.65. The predicted molar refractivity (Wildman–Crippen MR) is 79.7 cm³/mol. The summed E-state index contributed by atoms with van der Waals surface area (Å²) in [5.74, 6) is 0.285. The number of nitrogens with one attached hydrogen (secondary N) is 2. The van der Waals surface area contributed by atoms with Gasteiger partial charge in [0.25, 0.3) is 0 Å². The molecule has 0 saturated carbocycles. The van der Waals surface area contributed by atoms with Crippen LogP contribution >= 0.6 is 23.1 Å². The van der Waals surface area contributed by atoms with E-state index in [0.29, 0.717) is 19.3 Å². The second-order valence-corrected chi connectivity index (χ2v) is 6.56. The molecule has 2 amide bonds. The number of hydrogen-bond acceptors (Lipinski definition) is 5. The lowest BCUT2D eigenvalue weighted by Crippen LogP contribution is -2.43. The van der Waals surface area contributed by atoms with Crippen LogP contribution in [0, 0.1) is 0 Å². The molecule has 1 aliphatic heterocycles. The standard InChI is InChI=1S/C13H16N2O3S2/c16-11(4-3-9-2-1-6-19-9)14-8-12(17)15-10-5-7-20-13(10)18/h1-2,6,10H,3-5,7-8H2,(H,14,16)(H,15,17). The Hall–Kier alpha value is -1.34. The van der Waals surface area contributed by atoms with Gasteiger partial charge in [-0.15, -0.1) is 11.3 Å². The Kier molecular flexibility index (Phi) is 5.60. The third kappa shape index (κ3) is 4.64. The second kappa shape index (κ2) is 7.44. The van der Waals surface area contributed by atoms with Gasteiger partial charge in [-0.1, -0.05) is 17.8 Å². The van der Waals surface area contributed by atoms with Crippen molar-refractivity contribution in [3.8, 4) is 0 Å². The zero-order valence-electron chi connectivity index (χ0n) is 10.9. The van der Waals surface area contributed by atoms with Gasteiger partial charge < -0.3 is 10.6 Å². The maximum atomic E-state index is 11.6. The quantitative estimate of drug-likeness (QED) is 0.820. The Labute approximate surface area is 125 Å². The van der Waals surface area contributed by atoms with Crippen molar-refractivity contribution in [2.75, 3.05) is 12.3 Å². The third-order valence-corrected chi connectivity index (χ3v) is 4.84. The van der Waals surface area contributed by atoms with Gasteiger partial charge in [-0.05, 0) is 24.3 Å². The summed E-state index contributed by atoms with van der Waals surface area (Å²) in [4.78, 5) is 35.7. The summed E-state index contributed by atoms with van der Waals surface area (Å²) in [6.07, 6.45) is 1.72. The topological polar surface area (TPSA) is 75.3 Å². The molecule has 1 atom stereocenters. The van der Waals surface area contributed by atoms with Crippen LogP contribution in [0.4, 0.5) is 0 Å². The van der Waals surface area contributed by atoms with Crippen LogP contribution in [0.2, 0.25) is 0 Å². The minimum atomic E-state index is -0.393. The Morgan fingerprint density at radius 1 is 1.35 bits per heavy atom. The van der Waals surface area contributed by atoms with Gasteiger partial charge >= 0.3 is 0 Å². The number of thiophene rings is 1. The van der Waals surface area contributed by atoms with E-state index in [9.17, 15) is 14.4 Å². The highest BCUT2D eigenvalue weighted by atomic mass is 32.2. The van der Waals surface area contributed by atoms with Gasteiger partial charge in [-0.3, -0.25) is 14.4 Å². The van der Waals surface area contributed by atoms with Gasteiger partial charge in [0.1, 0.15) is 0 Å². The fraction of sp³-hybridized carbons (Fsp3) is 0.462. The molecule has 0 aliphatic carbocycles. The lowest BCUT2D eigenvalue weighted by Gasteiger charge is -2.10. The van der Waals surface area contributed by atoms with E-state index in [-0.39, 0.29) is 23.5 Å². The molecule has 0 aromatic carbocycles. The van der Waals surface area contributed by atoms with Crippen LogP contribution in [-0.2, 0) is 20.8 Å². The number of aryl methyl sites for hydroxylation is 1. The maximum absolute atomic E-state index is 11.6. The molecule has 108 valence electrons. The van der Waals surface area contributed by atoms with Crippen LogP contribution in [0.5, 0.6) is 0 Å². The van der Waals surface area contributed by atoms with Gasteiger partial charge in [0, 0.05) is 17.1 Å². The van der Waals surface area contributed by atoms with Crippen LogP contribution in [-0.4, -0.2) is 35.3 Å². The normalized spacial score (nSPS) is 18.0. The van der Waals surface area contributed by atoms with Gasteiger partial charge in [0.05, 0.1) is 12.6 Å². The molecule has 0 radical (unpaired) electrons. The lowest BCUT2D eigenvalue weighted by molar-refractivity contribution is -0.127. The zero-order chi connectivity index (χ0) is 14.4. The van der Waals surface area contributed by atoms with Crippen LogP contribution < -0.4 is 10.6 Å². The molecule has 20 heavy (non-hydrogen) atoms. The maximum Gasteiger partial charge on any atom is 0.240 e. The number of rotatable bonds is 6. The van der Waals surface area contributed by atoms with Crippen molar-refractivity contribution in [2.45, 2.75) is 25.3 Å². The van der Waals surface area contributed by atoms with Gasteiger partial charge in [0.2, 0.25) is 16.9 Å². The van der Waals surface area contributed by atoms with Crippen LogP contribution in [0.3, 0.4) is 0 Å². The first-order valence-electron chi connectivity index (χ1n) is 6.40. The fourth-order valence-electron chi connectivity index (χ4n) is 1.83. The molecule has 1 aliphatic rings. The molecule has 5 nitrogen and oxygen atoms in total. The molecule has 2 heterocycles. The number of carbonyl (C=O) groups is 3. The molecular formula is C13H16N2O3S2. The Bertz CT molecular complexity index is 488. The summed E-state index contributed by atoms with van der Waals surface area (Å²) in [6.45, 7) is -0.0717. The molecule has 0 spiro atoms. The van der Waals surface area contributed by atoms with E-state index >= 15 is 0 Å². The van der Waals surface area contributed by atoms with Crippen molar-refractivity contribution in [3.05, 3.63) is 22.4 Å². The molecule has 1 aromatic rings. The average Bonchev–Trinajstić information content (AvgIpc) is 3.07. The lowest BCUT2D eigenvalue weighted by atomic mass is 10.2. The van der Waals surface area contributed by atoms with Crippen molar-refractivity contribution >= 4 is 40.0 Å². The number of carbonyl (C=O) groups excluding carboxylic acids is 3. The number of thioether (sulfide) groups is 1. The van der Waals surface area contributed by atoms with E-state index in [1.807, 2.05) is 17.5 Å². The first kappa shape index (κ1) is 15.1. The molecule has 2 rings (SSSR count). The van der Waals surface area contributed by atoms with Crippen LogP contribution in [0.1, 0.15) is 17.7 Å². The van der Waals surface area contributed by atoms with Gasteiger partial charge in [0.15, 0.2) is 0 Å². The molecule has 1 unspecified atom stereocenters. The summed E-state index contributed by atoms with van der Waals surface area (Å²) in [5, 5.41) is 7.17. The smallest absolute Gasteiger partial charge is 0.240 e. The molecule has 0 bridgehead atoms. The molecule has 7 heteroatoms. The van der Waals surface area contributed by atoms with E-state index in [1.54, 1.807) is 11.3 Å². The minimum Gasteiger partial charge on any atom is -0.347 e. The summed E-state index contributed by atoms with van der Waals surface area (Å²) < 4.78 is 0. The summed E-state index contributed by atoms with van der Waals surface area (Å²) in [5.41, 5.74) is 0. The van der Waals surface area contributed by atoms with E-state index in [1.165, 1.54) is 11.8 Å². The Balaban J connectivity index is 1.62. The van der Waals surface area contributed by atoms with E-state index in [0.717, 1.165) is 10.6 Å². The van der Waals surface area contributed by atoms with Crippen molar-refractivity contribution in [3.63, 3.8) is 0 Å². The van der Waals surface area contributed by atoms with Crippen molar-refractivity contribution < 1.29 is 14.4 Å². The Morgan fingerprint density at radius 3 is 2.85 bits per heavy atom. The van der Waals surface area contributed by atoms with Gasteiger partial charge in [-0.25, -0.2) is 0 Å². The average molecular weight is 312 g/mol. The molecular weight excluding hydrogens is 296 g/mol. The van der Waals surface area contributed by atoms with Crippen molar-refractivity contribution in [1.29, 1.82) is 0 Å². The highest BCUT2D eigenvalue weighted by molar-refractivity contribution is 8.14. The molecule has 1 saturated heterocycles. The molecule has 2 N–H and O–H groups in total. The highest BCUT2D eigenvalue weighted by Gasteiger charge is 2.26. The summed E-state index contributed by atoms with van der Waals surface area (Å²) in [6, 6.07) is 3.53. The van der Waals surface area contributed by atoms with E-state index < -0.39 is 6.04 Å². The Morgan fingerprint density at radius 2 is 2.20 bits per heavy atom. The van der Waals surface area contributed by atoms with Crippen LogP contribution in [0.25, 0.3) is 0 Å². The summed E-state index contributed by atoms with van der Waals surface area (Å²) in [7, 11) is 0. The van der Waals surface area contributed by atoms with E-state index in [4.69, 9.17) is 0 Å². The predicted octanol–water partition coefficient (Wildman–Crippen LogP) is 0.945. The van der Waals surface area contributed by atoms with Gasteiger partial charge in [-0.2, -0.15) is 0 Å². The zero-order valence-corrected chi connectivity index (χ0v) is 12.5. The molecule has 1 fully saturated rings. The van der Waals surface area contributed by atoms with E-state index in [2.05, 4.69) is 10.6 Å². The van der Waals surface area contributed by atoms with Crippen molar-refractivity contribution in [2.24, 2.45) is 0 Å². The fourth-order valence-corrected chi connectivity index (χ4v) is 3.47.